The van der Waals surface area contributed by atoms with Gasteiger partial charge in [-0.25, -0.2) is 0 Å². The van der Waals surface area contributed by atoms with Crippen LogP contribution in [0, 0.1) is 25.2 Å². The van der Waals surface area contributed by atoms with Crippen molar-refractivity contribution in [1.82, 2.24) is 4.57 Å². The molecule has 0 bridgehead atoms. The van der Waals surface area contributed by atoms with Crippen molar-refractivity contribution in [3.63, 3.8) is 0 Å². The molecule has 2 aromatic heterocycles. The highest BCUT2D eigenvalue weighted by atomic mass is 16.3. The fourth-order valence-corrected chi connectivity index (χ4v) is 1.68. The quantitative estimate of drug-likeness (QED) is 0.789. The molecule has 0 aliphatic carbocycles. The standard InChI is InChI=1S/C13H12N2O2/c1-9-3-5-11(7-14)13(16)15(9)8-12-6-4-10(2)17-12/h3-6H,8H2,1-2H3. The second kappa shape index (κ2) is 4.30. The molecule has 4 heteroatoms. The van der Waals surface area contributed by atoms with E-state index in [4.69, 9.17) is 9.68 Å². The van der Waals surface area contributed by atoms with Gasteiger partial charge in [0.05, 0.1) is 6.54 Å². The first-order valence-electron chi connectivity index (χ1n) is 5.27. The molecule has 86 valence electrons. The van der Waals surface area contributed by atoms with E-state index < -0.39 is 0 Å². The summed E-state index contributed by atoms with van der Waals surface area (Å²) >= 11 is 0. The van der Waals surface area contributed by atoms with Gasteiger partial charge < -0.3 is 8.98 Å². The van der Waals surface area contributed by atoms with Crippen molar-refractivity contribution in [1.29, 1.82) is 5.26 Å². The van der Waals surface area contributed by atoms with Gasteiger partial charge in [-0.15, -0.1) is 0 Å². The van der Waals surface area contributed by atoms with Crippen LogP contribution < -0.4 is 5.56 Å². The zero-order valence-electron chi connectivity index (χ0n) is 9.73. The van der Waals surface area contributed by atoms with Crippen molar-refractivity contribution in [2.24, 2.45) is 0 Å². The van der Waals surface area contributed by atoms with Gasteiger partial charge in [-0.2, -0.15) is 5.26 Å². The summed E-state index contributed by atoms with van der Waals surface area (Å²) in [5.41, 5.74) is 0.684. The lowest BCUT2D eigenvalue weighted by molar-refractivity contribution is 0.464. The Hall–Kier alpha value is -2.28. The summed E-state index contributed by atoms with van der Waals surface area (Å²) in [6.07, 6.45) is 0. The minimum atomic E-state index is -0.276. The van der Waals surface area contributed by atoms with Crippen LogP contribution in [0.3, 0.4) is 0 Å². The van der Waals surface area contributed by atoms with Crippen LogP contribution in [0.2, 0.25) is 0 Å². The van der Waals surface area contributed by atoms with Crippen molar-refractivity contribution >= 4 is 0 Å². The molecule has 0 fully saturated rings. The van der Waals surface area contributed by atoms with Crippen molar-refractivity contribution in [2.75, 3.05) is 0 Å². The Kier molecular flexibility index (Phi) is 2.84. The third-order valence-electron chi connectivity index (χ3n) is 2.62. The molecule has 0 aromatic carbocycles. The molecule has 0 N–H and O–H groups in total. The summed E-state index contributed by atoms with van der Waals surface area (Å²) in [4.78, 5) is 11.9. The number of pyridine rings is 1. The second-order valence-corrected chi connectivity index (χ2v) is 3.90. The average molecular weight is 228 g/mol. The molecule has 0 atom stereocenters. The van der Waals surface area contributed by atoms with E-state index in [0.717, 1.165) is 11.5 Å². The lowest BCUT2D eigenvalue weighted by Gasteiger charge is -2.07. The monoisotopic (exact) mass is 228 g/mol. The summed E-state index contributed by atoms with van der Waals surface area (Å²) < 4.78 is 6.97. The van der Waals surface area contributed by atoms with Crippen molar-refractivity contribution in [3.8, 4) is 6.07 Å². The summed E-state index contributed by atoms with van der Waals surface area (Å²) in [5.74, 6) is 1.52. The van der Waals surface area contributed by atoms with E-state index in [1.807, 2.05) is 32.0 Å². The fraction of sp³-hybridized carbons (Fsp3) is 0.231. The van der Waals surface area contributed by atoms with E-state index in [9.17, 15) is 4.79 Å². The lowest BCUT2D eigenvalue weighted by Crippen LogP contribution is -2.24. The molecular weight excluding hydrogens is 216 g/mol. The first-order chi connectivity index (χ1) is 8.11. The summed E-state index contributed by atoms with van der Waals surface area (Å²) in [7, 11) is 0. The summed E-state index contributed by atoms with van der Waals surface area (Å²) in [6, 6.07) is 8.88. The number of aromatic nitrogens is 1. The molecule has 0 saturated heterocycles. The first-order valence-corrected chi connectivity index (χ1v) is 5.27. The van der Waals surface area contributed by atoms with Crippen LogP contribution in [-0.2, 0) is 6.54 Å². The molecule has 0 saturated carbocycles. The fourth-order valence-electron chi connectivity index (χ4n) is 1.68. The van der Waals surface area contributed by atoms with Crippen LogP contribution in [0.25, 0.3) is 0 Å². The predicted molar refractivity (Wildman–Crippen MR) is 62.7 cm³/mol. The smallest absolute Gasteiger partial charge is 0.269 e. The van der Waals surface area contributed by atoms with Gasteiger partial charge >= 0.3 is 0 Å². The van der Waals surface area contributed by atoms with Gasteiger partial charge in [-0.05, 0) is 38.1 Å². The van der Waals surface area contributed by atoms with Crippen LogP contribution in [0.15, 0.2) is 33.5 Å². The zero-order chi connectivity index (χ0) is 12.4. The van der Waals surface area contributed by atoms with Crippen LogP contribution in [0.5, 0.6) is 0 Å². The molecular formula is C13H12N2O2. The molecule has 4 nitrogen and oxygen atoms in total. The lowest BCUT2D eigenvalue weighted by atomic mass is 10.2. The Morgan fingerprint density at radius 3 is 2.65 bits per heavy atom. The van der Waals surface area contributed by atoms with Gasteiger partial charge in [0.25, 0.3) is 5.56 Å². The van der Waals surface area contributed by atoms with Gasteiger partial charge in [0.1, 0.15) is 23.2 Å². The molecule has 0 aliphatic heterocycles. The summed E-state index contributed by atoms with van der Waals surface area (Å²) in [6.45, 7) is 4.04. The number of aryl methyl sites for hydroxylation is 2. The van der Waals surface area contributed by atoms with Crippen LogP contribution >= 0.6 is 0 Å². The predicted octanol–water partition coefficient (Wildman–Crippen LogP) is 1.98. The van der Waals surface area contributed by atoms with Gasteiger partial charge in [-0.1, -0.05) is 0 Å². The second-order valence-electron chi connectivity index (χ2n) is 3.90. The maximum Gasteiger partial charge on any atom is 0.269 e. The normalized spacial score (nSPS) is 10.2. The Balaban J connectivity index is 2.46. The maximum absolute atomic E-state index is 11.9. The van der Waals surface area contributed by atoms with E-state index in [2.05, 4.69) is 0 Å². The van der Waals surface area contributed by atoms with Gasteiger partial charge in [0.15, 0.2) is 0 Å². The van der Waals surface area contributed by atoms with Gasteiger partial charge in [-0.3, -0.25) is 4.79 Å². The molecule has 2 heterocycles. The SMILES string of the molecule is Cc1ccc(Cn2c(C)ccc(C#N)c2=O)o1. The van der Waals surface area contributed by atoms with E-state index in [-0.39, 0.29) is 11.1 Å². The number of hydrogen-bond acceptors (Lipinski definition) is 3. The average Bonchev–Trinajstić information content (AvgIpc) is 2.70. The molecule has 0 aliphatic rings. The van der Waals surface area contributed by atoms with Crippen molar-refractivity contribution in [2.45, 2.75) is 20.4 Å². The Bertz CT molecular complexity index is 644. The largest absolute Gasteiger partial charge is 0.464 e. The Labute approximate surface area is 98.7 Å². The third-order valence-corrected chi connectivity index (χ3v) is 2.62. The van der Waals surface area contributed by atoms with Crippen LogP contribution in [0.1, 0.15) is 22.8 Å². The topological polar surface area (TPSA) is 58.9 Å². The summed E-state index contributed by atoms with van der Waals surface area (Å²) in [5, 5.41) is 8.82. The van der Waals surface area contributed by atoms with Crippen molar-refractivity contribution in [3.05, 3.63) is 57.4 Å². The third kappa shape index (κ3) is 2.13. The minimum absolute atomic E-state index is 0.152. The first kappa shape index (κ1) is 11.2. The molecule has 17 heavy (non-hydrogen) atoms. The number of furan rings is 1. The zero-order valence-corrected chi connectivity index (χ0v) is 9.73. The number of nitrogens with zero attached hydrogens (tertiary/aromatic N) is 2. The highest BCUT2D eigenvalue weighted by Gasteiger charge is 2.08. The molecule has 0 radical (unpaired) electrons. The minimum Gasteiger partial charge on any atom is -0.464 e. The molecule has 0 spiro atoms. The van der Waals surface area contributed by atoms with Gasteiger partial charge in [0, 0.05) is 5.69 Å². The molecule has 2 aromatic rings. The highest BCUT2D eigenvalue weighted by Crippen LogP contribution is 2.09. The number of rotatable bonds is 2. The Morgan fingerprint density at radius 2 is 2.06 bits per heavy atom. The van der Waals surface area contributed by atoms with Crippen molar-refractivity contribution < 1.29 is 4.42 Å². The number of nitriles is 1. The molecule has 2 rings (SSSR count). The van der Waals surface area contributed by atoms with E-state index in [0.29, 0.717) is 12.3 Å². The van der Waals surface area contributed by atoms with Crippen LogP contribution in [0.4, 0.5) is 0 Å². The highest BCUT2D eigenvalue weighted by molar-refractivity contribution is 5.27. The van der Waals surface area contributed by atoms with E-state index in [1.54, 1.807) is 12.1 Å². The van der Waals surface area contributed by atoms with E-state index in [1.165, 1.54) is 4.57 Å². The van der Waals surface area contributed by atoms with E-state index >= 15 is 0 Å². The van der Waals surface area contributed by atoms with Crippen LogP contribution in [-0.4, -0.2) is 4.57 Å². The number of hydrogen-bond donors (Lipinski definition) is 0. The maximum atomic E-state index is 11.9. The molecule has 0 amide bonds. The molecule has 0 unspecified atom stereocenters. The Morgan fingerprint density at radius 1 is 1.29 bits per heavy atom. The van der Waals surface area contributed by atoms with Gasteiger partial charge in [0.2, 0.25) is 0 Å².